The van der Waals surface area contributed by atoms with Crippen molar-refractivity contribution in [1.29, 1.82) is 0 Å². The standard InChI is InChI=1S/C22H23NO3/c1-23(14-13-16-11-12-20(25-2)21(15-16)26-3)22(24)19-10-6-8-17-7-4-5-9-18(17)19/h4-12,15H,13-14H2,1-3H3. The molecule has 0 aliphatic carbocycles. The number of fused-ring (bicyclic) bond motifs is 1. The smallest absolute Gasteiger partial charge is 0.254 e. The van der Waals surface area contributed by atoms with Crippen LogP contribution in [0.25, 0.3) is 10.8 Å². The van der Waals surface area contributed by atoms with Crippen molar-refractivity contribution in [1.82, 2.24) is 4.90 Å². The van der Waals surface area contributed by atoms with Crippen molar-refractivity contribution in [2.24, 2.45) is 0 Å². The lowest BCUT2D eigenvalue weighted by Gasteiger charge is -2.19. The number of ether oxygens (including phenoxy) is 2. The van der Waals surface area contributed by atoms with E-state index < -0.39 is 0 Å². The molecule has 0 radical (unpaired) electrons. The third kappa shape index (κ3) is 3.64. The Labute approximate surface area is 154 Å². The number of nitrogens with zero attached hydrogens (tertiary/aromatic N) is 1. The lowest BCUT2D eigenvalue weighted by atomic mass is 10.0. The van der Waals surface area contributed by atoms with Crippen LogP contribution in [0.4, 0.5) is 0 Å². The Morgan fingerprint density at radius 2 is 1.65 bits per heavy atom. The fraction of sp³-hybridized carbons (Fsp3) is 0.227. The van der Waals surface area contributed by atoms with Gasteiger partial charge in [-0.2, -0.15) is 0 Å². The van der Waals surface area contributed by atoms with Crippen LogP contribution in [0.1, 0.15) is 15.9 Å². The number of methoxy groups -OCH3 is 2. The van der Waals surface area contributed by atoms with Gasteiger partial charge in [0, 0.05) is 19.2 Å². The second-order valence-corrected chi connectivity index (χ2v) is 6.19. The Kier molecular flexibility index (Phi) is 5.42. The van der Waals surface area contributed by atoms with E-state index in [2.05, 4.69) is 0 Å². The molecule has 0 saturated carbocycles. The van der Waals surface area contributed by atoms with Crippen molar-refractivity contribution < 1.29 is 14.3 Å². The van der Waals surface area contributed by atoms with Gasteiger partial charge in [0.1, 0.15) is 0 Å². The number of carbonyl (C=O) groups is 1. The van der Waals surface area contributed by atoms with Gasteiger partial charge in [-0.1, -0.05) is 42.5 Å². The third-order valence-electron chi connectivity index (χ3n) is 4.55. The minimum Gasteiger partial charge on any atom is -0.493 e. The van der Waals surface area contributed by atoms with Crippen LogP contribution in [0, 0.1) is 0 Å². The molecule has 0 bridgehead atoms. The first-order valence-electron chi connectivity index (χ1n) is 8.58. The maximum absolute atomic E-state index is 12.9. The molecule has 3 rings (SSSR count). The Hall–Kier alpha value is -3.01. The highest BCUT2D eigenvalue weighted by atomic mass is 16.5. The van der Waals surface area contributed by atoms with Gasteiger partial charge in [-0.25, -0.2) is 0 Å². The van der Waals surface area contributed by atoms with Crippen molar-refractivity contribution in [2.75, 3.05) is 27.8 Å². The van der Waals surface area contributed by atoms with E-state index >= 15 is 0 Å². The molecule has 0 saturated heterocycles. The van der Waals surface area contributed by atoms with Crippen molar-refractivity contribution >= 4 is 16.7 Å². The van der Waals surface area contributed by atoms with Crippen LogP contribution in [-0.2, 0) is 6.42 Å². The largest absolute Gasteiger partial charge is 0.493 e. The van der Waals surface area contributed by atoms with Crippen LogP contribution in [0.3, 0.4) is 0 Å². The molecule has 3 aromatic carbocycles. The summed E-state index contributed by atoms with van der Waals surface area (Å²) in [7, 11) is 5.08. The lowest BCUT2D eigenvalue weighted by Crippen LogP contribution is -2.29. The number of hydrogen-bond donors (Lipinski definition) is 0. The van der Waals surface area contributed by atoms with E-state index in [1.165, 1.54) is 0 Å². The highest BCUT2D eigenvalue weighted by Crippen LogP contribution is 2.28. The van der Waals surface area contributed by atoms with Crippen LogP contribution >= 0.6 is 0 Å². The SMILES string of the molecule is COc1ccc(CCN(C)C(=O)c2cccc3ccccc23)cc1OC. The number of likely N-dealkylation sites (N-methyl/N-ethyl adjacent to an activating group) is 1. The maximum atomic E-state index is 12.9. The topological polar surface area (TPSA) is 38.8 Å². The Morgan fingerprint density at radius 3 is 2.42 bits per heavy atom. The number of carbonyl (C=O) groups excluding carboxylic acids is 1. The van der Waals surface area contributed by atoms with E-state index in [0.717, 1.165) is 28.3 Å². The minimum absolute atomic E-state index is 0.0299. The molecule has 0 unspecified atom stereocenters. The van der Waals surface area contributed by atoms with Gasteiger partial charge < -0.3 is 14.4 Å². The molecule has 0 aliphatic rings. The molecular weight excluding hydrogens is 326 g/mol. The minimum atomic E-state index is 0.0299. The van der Waals surface area contributed by atoms with Crippen molar-refractivity contribution in [3.63, 3.8) is 0 Å². The van der Waals surface area contributed by atoms with Gasteiger partial charge in [0.25, 0.3) is 5.91 Å². The van der Waals surface area contributed by atoms with E-state index in [1.54, 1.807) is 19.1 Å². The van der Waals surface area contributed by atoms with Gasteiger partial charge in [-0.05, 0) is 41.0 Å². The van der Waals surface area contributed by atoms with Gasteiger partial charge in [0.05, 0.1) is 14.2 Å². The van der Waals surface area contributed by atoms with Gasteiger partial charge >= 0.3 is 0 Å². The van der Waals surface area contributed by atoms with E-state index in [1.807, 2.05) is 67.7 Å². The van der Waals surface area contributed by atoms with Gasteiger partial charge in [-0.3, -0.25) is 4.79 Å². The number of hydrogen-bond acceptors (Lipinski definition) is 3. The van der Waals surface area contributed by atoms with E-state index in [4.69, 9.17) is 9.47 Å². The molecule has 0 aliphatic heterocycles. The highest BCUT2D eigenvalue weighted by molar-refractivity contribution is 6.06. The van der Waals surface area contributed by atoms with Gasteiger partial charge in [0.15, 0.2) is 11.5 Å². The van der Waals surface area contributed by atoms with Gasteiger partial charge in [-0.15, -0.1) is 0 Å². The van der Waals surface area contributed by atoms with E-state index in [-0.39, 0.29) is 5.91 Å². The first-order chi connectivity index (χ1) is 12.6. The van der Waals surface area contributed by atoms with Crippen LogP contribution < -0.4 is 9.47 Å². The predicted molar refractivity (Wildman–Crippen MR) is 104 cm³/mol. The molecule has 1 amide bonds. The summed E-state index contributed by atoms with van der Waals surface area (Å²) in [4.78, 5) is 14.6. The summed E-state index contributed by atoms with van der Waals surface area (Å²) in [5.41, 5.74) is 1.83. The van der Waals surface area contributed by atoms with Crippen LogP contribution in [0.5, 0.6) is 11.5 Å². The molecule has 0 aromatic heterocycles. The van der Waals surface area contributed by atoms with E-state index in [9.17, 15) is 4.79 Å². The third-order valence-corrected chi connectivity index (χ3v) is 4.55. The van der Waals surface area contributed by atoms with Crippen molar-refractivity contribution in [3.05, 3.63) is 71.8 Å². The molecule has 4 nitrogen and oxygen atoms in total. The lowest BCUT2D eigenvalue weighted by molar-refractivity contribution is 0.0798. The zero-order chi connectivity index (χ0) is 18.5. The maximum Gasteiger partial charge on any atom is 0.254 e. The second kappa shape index (κ2) is 7.91. The van der Waals surface area contributed by atoms with Crippen LogP contribution in [0.15, 0.2) is 60.7 Å². The summed E-state index contributed by atoms with van der Waals surface area (Å²) >= 11 is 0. The summed E-state index contributed by atoms with van der Waals surface area (Å²) in [5.74, 6) is 1.44. The Bertz CT molecular complexity index is 915. The zero-order valence-corrected chi connectivity index (χ0v) is 15.4. The Balaban J connectivity index is 1.73. The van der Waals surface area contributed by atoms with Crippen LogP contribution in [-0.4, -0.2) is 38.6 Å². The molecule has 134 valence electrons. The first kappa shape index (κ1) is 17.8. The fourth-order valence-corrected chi connectivity index (χ4v) is 3.05. The molecule has 0 spiro atoms. The van der Waals surface area contributed by atoms with Crippen molar-refractivity contribution in [3.8, 4) is 11.5 Å². The van der Waals surface area contributed by atoms with Gasteiger partial charge in [0.2, 0.25) is 0 Å². The summed E-state index contributed by atoms with van der Waals surface area (Å²) in [6.45, 7) is 0.623. The normalized spacial score (nSPS) is 10.6. The first-order valence-corrected chi connectivity index (χ1v) is 8.58. The monoisotopic (exact) mass is 349 g/mol. The molecule has 26 heavy (non-hydrogen) atoms. The summed E-state index contributed by atoms with van der Waals surface area (Å²) in [5, 5.41) is 2.06. The van der Waals surface area contributed by atoms with Crippen LogP contribution in [0.2, 0.25) is 0 Å². The fourth-order valence-electron chi connectivity index (χ4n) is 3.05. The summed E-state index contributed by atoms with van der Waals surface area (Å²) in [6, 6.07) is 19.6. The molecular formula is C22H23NO3. The summed E-state index contributed by atoms with van der Waals surface area (Å²) in [6.07, 6.45) is 0.743. The highest BCUT2D eigenvalue weighted by Gasteiger charge is 2.14. The zero-order valence-electron chi connectivity index (χ0n) is 15.4. The average Bonchev–Trinajstić information content (AvgIpc) is 2.70. The molecule has 0 atom stereocenters. The Morgan fingerprint density at radius 1 is 0.923 bits per heavy atom. The molecule has 0 fully saturated rings. The molecule has 0 N–H and O–H groups in total. The number of amides is 1. The van der Waals surface area contributed by atoms with Crippen molar-refractivity contribution in [2.45, 2.75) is 6.42 Å². The quantitative estimate of drug-likeness (QED) is 0.670. The number of benzene rings is 3. The molecule has 4 heteroatoms. The number of rotatable bonds is 6. The summed E-state index contributed by atoms with van der Waals surface area (Å²) < 4.78 is 10.6. The molecule has 0 heterocycles. The average molecular weight is 349 g/mol. The second-order valence-electron chi connectivity index (χ2n) is 6.19. The predicted octanol–water partition coefficient (Wildman–Crippen LogP) is 4.17. The van der Waals surface area contributed by atoms with E-state index in [0.29, 0.717) is 18.0 Å². The molecule has 3 aromatic rings.